The molecular formula is C11H16N2O3S. The van der Waals surface area contributed by atoms with E-state index in [1.165, 1.54) is 13.1 Å². The van der Waals surface area contributed by atoms with E-state index in [-0.39, 0.29) is 10.6 Å². The fraction of sp³-hybridized carbons (Fsp3) is 0.364. The second-order valence-corrected chi connectivity index (χ2v) is 5.60. The Morgan fingerprint density at radius 3 is 2.53 bits per heavy atom. The molecule has 1 rings (SSSR count). The highest BCUT2D eigenvalue weighted by Crippen LogP contribution is 2.22. The van der Waals surface area contributed by atoms with Crippen LogP contribution in [0.3, 0.4) is 0 Å². The van der Waals surface area contributed by atoms with E-state index >= 15 is 0 Å². The summed E-state index contributed by atoms with van der Waals surface area (Å²) in [5.74, 6) is 0.0689. The maximum Gasteiger partial charge on any atom is 0.319 e. The summed E-state index contributed by atoms with van der Waals surface area (Å²) in [6.45, 7) is 1.80. The maximum absolute atomic E-state index is 12.0. The number of sulfone groups is 1. The standard InChI is InChI=1S/C11H16N2O3S/c1-3-8-17(15,16)10-7-5-4-6-9(10)13-11(14)12-2/h4-7H,3,8H2,1-2H3,(H2,12,13,14). The number of nitrogens with one attached hydrogen (secondary N) is 2. The van der Waals surface area contributed by atoms with Crippen molar-refractivity contribution < 1.29 is 13.2 Å². The summed E-state index contributed by atoms with van der Waals surface area (Å²) in [7, 11) is -1.87. The number of anilines is 1. The fourth-order valence-electron chi connectivity index (χ4n) is 1.40. The lowest BCUT2D eigenvalue weighted by molar-refractivity contribution is 0.254. The number of hydrogen-bond donors (Lipinski definition) is 2. The van der Waals surface area contributed by atoms with Gasteiger partial charge < -0.3 is 10.6 Å². The second-order valence-electron chi connectivity index (χ2n) is 3.52. The topological polar surface area (TPSA) is 75.3 Å². The van der Waals surface area contributed by atoms with E-state index in [0.29, 0.717) is 12.1 Å². The lowest BCUT2D eigenvalue weighted by Crippen LogP contribution is -2.25. The van der Waals surface area contributed by atoms with Crippen LogP contribution in [0.4, 0.5) is 10.5 Å². The normalized spacial score (nSPS) is 10.9. The molecule has 2 amide bonds. The third-order valence-electron chi connectivity index (χ3n) is 2.17. The zero-order chi connectivity index (χ0) is 12.9. The van der Waals surface area contributed by atoms with Gasteiger partial charge in [-0.2, -0.15) is 0 Å². The van der Waals surface area contributed by atoms with E-state index in [1.54, 1.807) is 25.1 Å². The monoisotopic (exact) mass is 256 g/mol. The second kappa shape index (κ2) is 5.67. The highest BCUT2D eigenvalue weighted by molar-refractivity contribution is 7.91. The summed E-state index contributed by atoms with van der Waals surface area (Å²) in [6, 6.07) is 5.94. The first-order valence-corrected chi connectivity index (χ1v) is 6.97. The van der Waals surface area contributed by atoms with E-state index in [4.69, 9.17) is 0 Å². The molecule has 0 aliphatic carbocycles. The van der Waals surface area contributed by atoms with Crippen molar-refractivity contribution in [2.45, 2.75) is 18.2 Å². The molecule has 0 heterocycles. The van der Waals surface area contributed by atoms with Crippen molar-refractivity contribution >= 4 is 21.6 Å². The molecule has 0 spiro atoms. The molecule has 2 N–H and O–H groups in total. The maximum atomic E-state index is 12.0. The number of carbonyl (C=O) groups is 1. The third kappa shape index (κ3) is 3.45. The number of hydrogen-bond acceptors (Lipinski definition) is 3. The van der Waals surface area contributed by atoms with Gasteiger partial charge in [0.05, 0.1) is 16.3 Å². The van der Waals surface area contributed by atoms with Gasteiger partial charge >= 0.3 is 6.03 Å². The molecule has 0 aliphatic heterocycles. The van der Waals surface area contributed by atoms with Gasteiger partial charge in [0.15, 0.2) is 9.84 Å². The summed E-state index contributed by atoms with van der Waals surface area (Å²) in [4.78, 5) is 11.4. The first-order valence-electron chi connectivity index (χ1n) is 5.31. The van der Waals surface area contributed by atoms with Crippen LogP contribution in [-0.2, 0) is 9.84 Å². The van der Waals surface area contributed by atoms with Crippen LogP contribution in [-0.4, -0.2) is 27.2 Å². The van der Waals surface area contributed by atoms with Crippen molar-refractivity contribution in [2.75, 3.05) is 18.1 Å². The molecule has 0 saturated carbocycles. The molecule has 94 valence electrons. The summed E-state index contributed by atoms with van der Waals surface area (Å²) in [5, 5.41) is 4.87. The molecule has 0 radical (unpaired) electrons. The van der Waals surface area contributed by atoms with E-state index < -0.39 is 15.9 Å². The summed E-state index contributed by atoms with van der Waals surface area (Å²) in [6.07, 6.45) is 0.538. The lowest BCUT2D eigenvalue weighted by atomic mass is 10.3. The van der Waals surface area contributed by atoms with Crippen LogP contribution < -0.4 is 10.6 Å². The van der Waals surface area contributed by atoms with Crippen LogP contribution in [0.25, 0.3) is 0 Å². The lowest BCUT2D eigenvalue weighted by Gasteiger charge is -2.10. The van der Waals surface area contributed by atoms with Crippen LogP contribution in [0.2, 0.25) is 0 Å². The van der Waals surface area contributed by atoms with Crippen molar-refractivity contribution in [3.63, 3.8) is 0 Å². The van der Waals surface area contributed by atoms with Gasteiger partial charge in [-0.15, -0.1) is 0 Å². The van der Waals surface area contributed by atoms with Crippen LogP contribution in [0.5, 0.6) is 0 Å². The minimum atomic E-state index is -3.34. The molecule has 6 heteroatoms. The number of rotatable bonds is 4. The first kappa shape index (κ1) is 13.5. The van der Waals surface area contributed by atoms with Gasteiger partial charge in [0.1, 0.15) is 0 Å². The molecule has 17 heavy (non-hydrogen) atoms. The Bertz CT molecular complexity index is 497. The highest BCUT2D eigenvalue weighted by Gasteiger charge is 2.18. The van der Waals surface area contributed by atoms with Crippen LogP contribution in [0.15, 0.2) is 29.2 Å². The minimum absolute atomic E-state index is 0.0689. The Balaban J connectivity index is 3.12. The number of carbonyl (C=O) groups excluding carboxylic acids is 1. The van der Waals surface area contributed by atoms with E-state index in [9.17, 15) is 13.2 Å². The third-order valence-corrected chi connectivity index (χ3v) is 4.14. The zero-order valence-corrected chi connectivity index (χ0v) is 10.7. The van der Waals surface area contributed by atoms with E-state index in [1.807, 2.05) is 0 Å². The molecule has 5 nitrogen and oxygen atoms in total. The van der Waals surface area contributed by atoms with Gasteiger partial charge in [0.2, 0.25) is 0 Å². The largest absolute Gasteiger partial charge is 0.341 e. The minimum Gasteiger partial charge on any atom is -0.341 e. The van der Waals surface area contributed by atoms with Crippen LogP contribution in [0.1, 0.15) is 13.3 Å². The molecule has 0 bridgehead atoms. The highest BCUT2D eigenvalue weighted by atomic mass is 32.2. The van der Waals surface area contributed by atoms with E-state index in [2.05, 4.69) is 10.6 Å². The average molecular weight is 256 g/mol. The molecule has 1 aromatic carbocycles. The predicted octanol–water partition coefficient (Wildman–Crippen LogP) is 1.62. The predicted molar refractivity (Wildman–Crippen MR) is 66.9 cm³/mol. The Kier molecular flexibility index (Phi) is 4.51. The molecule has 0 atom stereocenters. The van der Waals surface area contributed by atoms with Gasteiger partial charge in [-0.25, -0.2) is 13.2 Å². The fourth-order valence-corrected chi connectivity index (χ4v) is 2.90. The first-order chi connectivity index (χ1) is 8.01. The Labute approximate surface area is 101 Å². The Morgan fingerprint density at radius 1 is 1.29 bits per heavy atom. The van der Waals surface area contributed by atoms with Crippen molar-refractivity contribution in [1.29, 1.82) is 0 Å². The number of benzene rings is 1. The van der Waals surface area contributed by atoms with Crippen molar-refractivity contribution in [3.8, 4) is 0 Å². The van der Waals surface area contributed by atoms with Crippen LogP contribution in [0, 0.1) is 0 Å². The molecule has 1 aromatic rings. The van der Waals surface area contributed by atoms with Gasteiger partial charge in [0.25, 0.3) is 0 Å². The molecule has 0 aromatic heterocycles. The van der Waals surface area contributed by atoms with Crippen molar-refractivity contribution in [2.24, 2.45) is 0 Å². The molecular weight excluding hydrogens is 240 g/mol. The van der Waals surface area contributed by atoms with Crippen molar-refractivity contribution in [1.82, 2.24) is 5.32 Å². The van der Waals surface area contributed by atoms with Crippen molar-refractivity contribution in [3.05, 3.63) is 24.3 Å². The van der Waals surface area contributed by atoms with Gasteiger partial charge in [-0.3, -0.25) is 0 Å². The molecule has 0 unspecified atom stereocenters. The average Bonchev–Trinajstić information content (AvgIpc) is 2.29. The molecule has 0 saturated heterocycles. The SMILES string of the molecule is CCCS(=O)(=O)c1ccccc1NC(=O)NC. The number of urea groups is 1. The smallest absolute Gasteiger partial charge is 0.319 e. The van der Waals surface area contributed by atoms with Gasteiger partial charge in [-0.1, -0.05) is 19.1 Å². The summed E-state index contributed by atoms with van der Waals surface area (Å²) >= 11 is 0. The Morgan fingerprint density at radius 2 is 1.94 bits per heavy atom. The molecule has 0 fully saturated rings. The Hall–Kier alpha value is -1.56. The zero-order valence-electron chi connectivity index (χ0n) is 9.86. The van der Waals surface area contributed by atoms with Gasteiger partial charge in [-0.05, 0) is 18.6 Å². The number of amides is 2. The quantitative estimate of drug-likeness (QED) is 0.859. The van der Waals surface area contributed by atoms with Crippen LogP contribution >= 0.6 is 0 Å². The summed E-state index contributed by atoms with van der Waals surface area (Å²) < 4.78 is 23.9. The molecule has 0 aliphatic rings. The van der Waals surface area contributed by atoms with E-state index in [0.717, 1.165) is 0 Å². The summed E-state index contributed by atoms with van der Waals surface area (Å²) in [5.41, 5.74) is 0.306. The van der Waals surface area contributed by atoms with Gasteiger partial charge in [0, 0.05) is 7.05 Å². The number of para-hydroxylation sites is 1.